The minimum absolute atomic E-state index is 0.0628. The number of rotatable bonds is 6. The second-order valence-corrected chi connectivity index (χ2v) is 8.35. The number of amides is 1. The lowest BCUT2D eigenvalue weighted by Gasteiger charge is -2.20. The first-order valence-corrected chi connectivity index (χ1v) is 10.5. The molecule has 0 saturated heterocycles. The monoisotopic (exact) mass is 383 g/mol. The summed E-state index contributed by atoms with van der Waals surface area (Å²) >= 11 is 1.65. The maximum absolute atomic E-state index is 12.7. The Labute approximate surface area is 164 Å². The lowest BCUT2D eigenvalue weighted by molar-refractivity contribution is -0.120. The molecule has 1 saturated carbocycles. The quantitative estimate of drug-likeness (QED) is 0.806. The van der Waals surface area contributed by atoms with E-state index >= 15 is 0 Å². The van der Waals surface area contributed by atoms with Gasteiger partial charge in [0.15, 0.2) is 11.5 Å². The fraction of sp³-hybridized carbons (Fsp3) is 0.409. The molecule has 4 nitrogen and oxygen atoms in total. The molecule has 2 aliphatic rings. The Bertz CT molecular complexity index is 792. The number of methoxy groups -OCH3 is 1. The molecule has 2 aromatic carbocycles. The number of carbonyl (C=O) groups excluding carboxylic acids is 1. The van der Waals surface area contributed by atoms with Crippen LogP contribution >= 0.6 is 11.8 Å². The molecule has 0 radical (unpaired) electrons. The highest BCUT2D eigenvalue weighted by atomic mass is 32.2. The fourth-order valence-electron chi connectivity index (χ4n) is 3.79. The third kappa shape index (κ3) is 4.08. The van der Waals surface area contributed by atoms with Crippen molar-refractivity contribution >= 4 is 17.7 Å². The first kappa shape index (κ1) is 18.2. The van der Waals surface area contributed by atoms with Gasteiger partial charge in [-0.15, -0.1) is 11.8 Å². The second-order valence-electron chi connectivity index (χ2n) is 7.11. The molecule has 0 spiro atoms. The molecule has 4 rings (SSSR count). The predicted octanol–water partition coefficient (Wildman–Crippen LogP) is 4.35. The molecule has 1 amide bonds. The zero-order valence-electron chi connectivity index (χ0n) is 15.6. The van der Waals surface area contributed by atoms with E-state index in [1.807, 2.05) is 30.3 Å². The second kappa shape index (κ2) is 8.26. The highest BCUT2D eigenvalue weighted by Crippen LogP contribution is 2.37. The van der Waals surface area contributed by atoms with E-state index in [4.69, 9.17) is 9.47 Å². The molecule has 27 heavy (non-hydrogen) atoms. The van der Waals surface area contributed by atoms with Crippen LogP contribution in [0.4, 0.5) is 0 Å². The van der Waals surface area contributed by atoms with Gasteiger partial charge in [0, 0.05) is 17.0 Å². The standard InChI is InChI=1S/C22H25NO3S/c1-25-18-11-6-8-16(21(18)26-17-9-3-4-10-17)14-23-22(24)20-13-15-7-2-5-12-19(15)27-20/h2,5-8,11-12,17,20H,3-4,9-10,13-14H2,1H3,(H,23,24). The van der Waals surface area contributed by atoms with Crippen LogP contribution in [0.15, 0.2) is 47.4 Å². The lowest BCUT2D eigenvalue weighted by atomic mass is 10.1. The van der Waals surface area contributed by atoms with Crippen LogP contribution in [-0.2, 0) is 17.8 Å². The van der Waals surface area contributed by atoms with Crippen molar-refractivity contribution in [3.63, 3.8) is 0 Å². The number of benzene rings is 2. The van der Waals surface area contributed by atoms with E-state index in [1.165, 1.54) is 23.3 Å². The summed E-state index contributed by atoms with van der Waals surface area (Å²) in [7, 11) is 1.66. The molecule has 1 fully saturated rings. The van der Waals surface area contributed by atoms with E-state index in [0.29, 0.717) is 6.54 Å². The van der Waals surface area contributed by atoms with Crippen LogP contribution in [0, 0.1) is 0 Å². The minimum atomic E-state index is -0.0628. The van der Waals surface area contributed by atoms with Crippen LogP contribution in [0.5, 0.6) is 11.5 Å². The molecule has 142 valence electrons. The zero-order chi connectivity index (χ0) is 18.6. The van der Waals surface area contributed by atoms with E-state index in [2.05, 4.69) is 17.4 Å². The van der Waals surface area contributed by atoms with Gasteiger partial charge in [0.05, 0.1) is 18.5 Å². The van der Waals surface area contributed by atoms with E-state index in [0.717, 1.165) is 36.3 Å². The van der Waals surface area contributed by atoms with Gasteiger partial charge in [-0.3, -0.25) is 4.79 Å². The maximum atomic E-state index is 12.7. The van der Waals surface area contributed by atoms with Gasteiger partial charge < -0.3 is 14.8 Å². The van der Waals surface area contributed by atoms with Crippen LogP contribution in [0.3, 0.4) is 0 Å². The van der Waals surface area contributed by atoms with Crippen LogP contribution in [0.25, 0.3) is 0 Å². The van der Waals surface area contributed by atoms with Crippen LogP contribution in [0.2, 0.25) is 0 Å². The van der Waals surface area contributed by atoms with Gasteiger partial charge in [0.25, 0.3) is 0 Å². The molecule has 1 aliphatic carbocycles. The van der Waals surface area contributed by atoms with Gasteiger partial charge in [-0.05, 0) is 49.8 Å². The number of carbonyl (C=O) groups is 1. The number of para-hydroxylation sites is 1. The van der Waals surface area contributed by atoms with E-state index in [-0.39, 0.29) is 17.3 Å². The van der Waals surface area contributed by atoms with Crippen LogP contribution in [0.1, 0.15) is 36.8 Å². The molecule has 0 aromatic heterocycles. The molecule has 0 bridgehead atoms. The number of nitrogens with one attached hydrogen (secondary N) is 1. The first-order chi connectivity index (χ1) is 13.2. The summed E-state index contributed by atoms with van der Waals surface area (Å²) in [5.41, 5.74) is 2.23. The molecule has 1 unspecified atom stereocenters. The van der Waals surface area contributed by atoms with E-state index in [1.54, 1.807) is 18.9 Å². The molecule has 1 aliphatic heterocycles. The third-order valence-corrected chi connectivity index (χ3v) is 6.58. The number of ether oxygens (including phenoxy) is 2. The Balaban J connectivity index is 1.42. The molecule has 1 atom stereocenters. The van der Waals surface area contributed by atoms with Crippen LogP contribution < -0.4 is 14.8 Å². The Morgan fingerprint density at radius 1 is 1.15 bits per heavy atom. The lowest BCUT2D eigenvalue weighted by Crippen LogP contribution is -2.32. The highest BCUT2D eigenvalue weighted by Gasteiger charge is 2.28. The van der Waals surface area contributed by atoms with Crippen molar-refractivity contribution in [2.24, 2.45) is 0 Å². The van der Waals surface area contributed by atoms with Crippen molar-refractivity contribution in [1.29, 1.82) is 0 Å². The molecule has 2 aromatic rings. The smallest absolute Gasteiger partial charge is 0.234 e. The van der Waals surface area contributed by atoms with Gasteiger partial charge in [-0.1, -0.05) is 30.3 Å². The number of thioether (sulfide) groups is 1. The molecule has 5 heteroatoms. The fourth-order valence-corrected chi connectivity index (χ4v) is 5.01. The predicted molar refractivity (Wildman–Crippen MR) is 108 cm³/mol. The normalized spacial score (nSPS) is 18.9. The van der Waals surface area contributed by atoms with Crippen molar-refractivity contribution in [2.75, 3.05) is 7.11 Å². The van der Waals surface area contributed by atoms with Gasteiger partial charge in [0.2, 0.25) is 5.91 Å². The molecule has 1 N–H and O–H groups in total. The Kier molecular flexibility index (Phi) is 5.58. The third-order valence-electron chi connectivity index (χ3n) is 5.26. The van der Waals surface area contributed by atoms with Crippen molar-refractivity contribution < 1.29 is 14.3 Å². The number of hydrogen-bond acceptors (Lipinski definition) is 4. The number of hydrogen-bond donors (Lipinski definition) is 1. The van der Waals surface area contributed by atoms with E-state index < -0.39 is 0 Å². The van der Waals surface area contributed by atoms with E-state index in [9.17, 15) is 4.79 Å². The summed E-state index contributed by atoms with van der Waals surface area (Å²) in [5, 5.41) is 3.03. The van der Waals surface area contributed by atoms with Gasteiger partial charge in [-0.25, -0.2) is 0 Å². The summed E-state index contributed by atoms with van der Waals surface area (Å²) in [6.45, 7) is 0.450. The average molecular weight is 384 g/mol. The van der Waals surface area contributed by atoms with Gasteiger partial charge >= 0.3 is 0 Å². The number of fused-ring (bicyclic) bond motifs is 1. The first-order valence-electron chi connectivity index (χ1n) is 9.59. The molecule has 1 heterocycles. The largest absolute Gasteiger partial charge is 0.493 e. The Morgan fingerprint density at radius 2 is 1.96 bits per heavy atom. The summed E-state index contributed by atoms with van der Waals surface area (Å²) in [6.07, 6.45) is 5.63. The topological polar surface area (TPSA) is 47.6 Å². The van der Waals surface area contributed by atoms with Crippen LogP contribution in [-0.4, -0.2) is 24.4 Å². The van der Waals surface area contributed by atoms with Gasteiger partial charge in [-0.2, -0.15) is 0 Å². The van der Waals surface area contributed by atoms with Crippen molar-refractivity contribution in [1.82, 2.24) is 5.32 Å². The summed E-state index contributed by atoms with van der Waals surface area (Å²) in [6, 6.07) is 14.1. The van der Waals surface area contributed by atoms with Crippen molar-refractivity contribution in [3.05, 3.63) is 53.6 Å². The minimum Gasteiger partial charge on any atom is -0.493 e. The Hall–Kier alpha value is -2.14. The Morgan fingerprint density at radius 3 is 2.74 bits per heavy atom. The van der Waals surface area contributed by atoms with Crippen molar-refractivity contribution in [3.8, 4) is 11.5 Å². The van der Waals surface area contributed by atoms with Gasteiger partial charge in [0.1, 0.15) is 0 Å². The van der Waals surface area contributed by atoms with Crippen molar-refractivity contribution in [2.45, 2.75) is 54.9 Å². The SMILES string of the molecule is COc1cccc(CNC(=O)C2Cc3ccccc3S2)c1OC1CCCC1. The highest BCUT2D eigenvalue weighted by molar-refractivity contribution is 8.01. The average Bonchev–Trinajstić information content (AvgIpc) is 3.36. The molecular weight excluding hydrogens is 358 g/mol. The summed E-state index contributed by atoms with van der Waals surface area (Å²) in [5.74, 6) is 1.58. The molecular formula is C22H25NO3S. The maximum Gasteiger partial charge on any atom is 0.234 e. The summed E-state index contributed by atoms with van der Waals surface area (Å²) < 4.78 is 11.8. The summed E-state index contributed by atoms with van der Waals surface area (Å²) in [4.78, 5) is 13.9. The zero-order valence-corrected chi connectivity index (χ0v) is 16.4.